The van der Waals surface area contributed by atoms with E-state index in [0.29, 0.717) is 13.0 Å². The Morgan fingerprint density at radius 2 is 2.36 bits per heavy atom. The quantitative estimate of drug-likeness (QED) is 0.646. The van der Waals surface area contributed by atoms with Crippen LogP contribution in [0.15, 0.2) is 17.1 Å². The molecule has 14 heavy (non-hydrogen) atoms. The summed E-state index contributed by atoms with van der Waals surface area (Å²) in [5, 5.41) is 4.00. The van der Waals surface area contributed by atoms with Crippen molar-refractivity contribution in [1.29, 1.82) is 0 Å². The van der Waals surface area contributed by atoms with Crippen LogP contribution >= 0.6 is 0 Å². The molecule has 0 unspecified atom stereocenters. The average Bonchev–Trinajstić information content (AvgIpc) is 2.15. The third kappa shape index (κ3) is 2.36. The molecular formula is C10H13N3O. The summed E-state index contributed by atoms with van der Waals surface area (Å²) in [6, 6.07) is 1.55. The van der Waals surface area contributed by atoms with Crippen LogP contribution in [0.1, 0.15) is 6.42 Å². The van der Waals surface area contributed by atoms with Crippen molar-refractivity contribution in [3.8, 4) is 12.3 Å². The van der Waals surface area contributed by atoms with Crippen LogP contribution in [0.5, 0.6) is 0 Å². The third-order valence-electron chi connectivity index (χ3n) is 1.84. The molecule has 0 N–H and O–H groups in total. The molecule has 4 nitrogen and oxygen atoms in total. The Balaban J connectivity index is 2.92. The van der Waals surface area contributed by atoms with Crippen molar-refractivity contribution in [2.24, 2.45) is 0 Å². The van der Waals surface area contributed by atoms with Gasteiger partial charge in [0.05, 0.1) is 18.4 Å². The third-order valence-corrected chi connectivity index (χ3v) is 1.84. The second-order valence-electron chi connectivity index (χ2n) is 3.12. The number of terminal acetylenes is 1. The molecule has 4 heteroatoms. The molecule has 1 aromatic heterocycles. The fourth-order valence-electron chi connectivity index (χ4n) is 1.01. The van der Waals surface area contributed by atoms with E-state index in [1.807, 2.05) is 19.0 Å². The Hall–Kier alpha value is -1.76. The monoisotopic (exact) mass is 191 g/mol. The average molecular weight is 191 g/mol. The zero-order valence-corrected chi connectivity index (χ0v) is 8.40. The van der Waals surface area contributed by atoms with Gasteiger partial charge in [-0.1, -0.05) is 0 Å². The molecule has 0 saturated heterocycles. The Kier molecular flexibility index (Phi) is 3.29. The molecule has 0 spiro atoms. The van der Waals surface area contributed by atoms with E-state index in [4.69, 9.17) is 6.42 Å². The molecule has 0 atom stereocenters. The van der Waals surface area contributed by atoms with Gasteiger partial charge in [0.2, 0.25) is 0 Å². The number of hydrogen-bond acceptors (Lipinski definition) is 3. The highest BCUT2D eigenvalue weighted by atomic mass is 16.1. The van der Waals surface area contributed by atoms with E-state index in [9.17, 15) is 4.79 Å². The molecule has 0 aromatic carbocycles. The van der Waals surface area contributed by atoms with E-state index >= 15 is 0 Å². The maximum Gasteiger partial charge on any atom is 0.268 e. The first-order valence-corrected chi connectivity index (χ1v) is 4.33. The number of rotatable bonds is 3. The maximum atomic E-state index is 11.5. The fourth-order valence-corrected chi connectivity index (χ4v) is 1.01. The van der Waals surface area contributed by atoms with Crippen LogP contribution in [0.4, 0.5) is 5.69 Å². The number of anilines is 1. The molecule has 1 rings (SSSR count). The predicted molar refractivity (Wildman–Crippen MR) is 56.3 cm³/mol. The van der Waals surface area contributed by atoms with Crippen molar-refractivity contribution in [2.75, 3.05) is 19.0 Å². The SMILES string of the molecule is C#CCCn1ncc(N(C)C)cc1=O. The summed E-state index contributed by atoms with van der Waals surface area (Å²) >= 11 is 0. The van der Waals surface area contributed by atoms with Crippen LogP contribution < -0.4 is 10.5 Å². The topological polar surface area (TPSA) is 38.1 Å². The minimum atomic E-state index is -0.119. The van der Waals surface area contributed by atoms with Gasteiger partial charge in [0.1, 0.15) is 0 Å². The summed E-state index contributed by atoms with van der Waals surface area (Å²) in [5.41, 5.74) is 0.679. The van der Waals surface area contributed by atoms with E-state index in [1.165, 1.54) is 4.68 Å². The zero-order valence-electron chi connectivity index (χ0n) is 8.40. The van der Waals surface area contributed by atoms with Gasteiger partial charge in [-0.15, -0.1) is 12.3 Å². The minimum Gasteiger partial charge on any atom is -0.376 e. The molecule has 0 saturated carbocycles. The first-order chi connectivity index (χ1) is 6.65. The second kappa shape index (κ2) is 4.47. The molecule has 0 aliphatic rings. The smallest absolute Gasteiger partial charge is 0.268 e. The lowest BCUT2D eigenvalue weighted by Crippen LogP contribution is -2.24. The van der Waals surface area contributed by atoms with Gasteiger partial charge in [0.15, 0.2) is 0 Å². The zero-order chi connectivity index (χ0) is 10.6. The summed E-state index contributed by atoms with van der Waals surface area (Å²) in [6.07, 6.45) is 7.28. The largest absolute Gasteiger partial charge is 0.376 e. The molecule has 1 heterocycles. The highest BCUT2D eigenvalue weighted by Crippen LogP contribution is 2.03. The highest BCUT2D eigenvalue weighted by Gasteiger charge is 2.00. The van der Waals surface area contributed by atoms with E-state index < -0.39 is 0 Å². The van der Waals surface area contributed by atoms with Crippen LogP contribution in [-0.4, -0.2) is 23.9 Å². The minimum absolute atomic E-state index is 0.119. The van der Waals surface area contributed by atoms with Gasteiger partial charge in [0.25, 0.3) is 5.56 Å². The van der Waals surface area contributed by atoms with Gasteiger partial charge in [-0.25, -0.2) is 4.68 Å². The molecule has 0 aliphatic heterocycles. The van der Waals surface area contributed by atoms with Crippen molar-refractivity contribution in [2.45, 2.75) is 13.0 Å². The molecule has 74 valence electrons. The molecule has 0 amide bonds. The Bertz CT molecular complexity index is 401. The molecule has 0 aliphatic carbocycles. The summed E-state index contributed by atoms with van der Waals surface area (Å²) in [7, 11) is 3.73. The maximum absolute atomic E-state index is 11.5. The van der Waals surface area contributed by atoms with Gasteiger partial charge >= 0.3 is 0 Å². The lowest BCUT2D eigenvalue weighted by atomic mass is 10.4. The van der Waals surface area contributed by atoms with Crippen LogP contribution in [-0.2, 0) is 6.54 Å². The van der Waals surface area contributed by atoms with Gasteiger partial charge in [-0.2, -0.15) is 5.10 Å². The summed E-state index contributed by atoms with van der Waals surface area (Å²) in [5.74, 6) is 2.47. The first kappa shape index (κ1) is 10.3. The molecular weight excluding hydrogens is 178 g/mol. The van der Waals surface area contributed by atoms with Crippen molar-refractivity contribution in [3.63, 3.8) is 0 Å². The van der Waals surface area contributed by atoms with Crippen molar-refractivity contribution < 1.29 is 0 Å². The second-order valence-corrected chi connectivity index (χ2v) is 3.12. The van der Waals surface area contributed by atoms with Crippen LogP contribution in [0, 0.1) is 12.3 Å². The van der Waals surface area contributed by atoms with Crippen molar-refractivity contribution in [3.05, 3.63) is 22.6 Å². The Morgan fingerprint density at radius 3 is 2.86 bits per heavy atom. The van der Waals surface area contributed by atoms with Crippen LogP contribution in [0.3, 0.4) is 0 Å². The van der Waals surface area contributed by atoms with Crippen LogP contribution in [0.2, 0.25) is 0 Å². The van der Waals surface area contributed by atoms with Gasteiger partial charge in [-0.05, 0) is 0 Å². The predicted octanol–water partition coefficient (Wildman–Crippen LogP) is 0.333. The summed E-state index contributed by atoms with van der Waals surface area (Å²) in [6.45, 7) is 0.475. The number of aromatic nitrogens is 2. The van der Waals surface area contributed by atoms with Crippen molar-refractivity contribution in [1.82, 2.24) is 9.78 Å². The fraction of sp³-hybridized carbons (Fsp3) is 0.400. The van der Waals surface area contributed by atoms with Gasteiger partial charge < -0.3 is 4.90 Å². The van der Waals surface area contributed by atoms with E-state index in [0.717, 1.165) is 5.69 Å². The lowest BCUT2D eigenvalue weighted by Gasteiger charge is -2.11. The van der Waals surface area contributed by atoms with Crippen LogP contribution in [0.25, 0.3) is 0 Å². The number of aryl methyl sites for hydroxylation is 1. The normalized spacial score (nSPS) is 9.50. The first-order valence-electron chi connectivity index (χ1n) is 4.33. The number of nitrogens with zero attached hydrogens (tertiary/aromatic N) is 3. The van der Waals surface area contributed by atoms with Gasteiger partial charge in [-0.3, -0.25) is 4.79 Å². The Morgan fingerprint density at radius 1 is 1.64 bits per heavy atom. The van der Waals surface area contributed by atoms with Gasteiger partial charge in [0, 0.05) is 26.6 Å². The summed E-state index contributed by atoms with van der Waals surface area (Å²) in [4.78, 5) is 13.3. The molecule has 1 aromatic rings. The molecule has 0 bridgehead atoms. The van der Waals surface area contributed by atoms with E-state index in [-0.39, 0.29) is 5.56 Å². The van der Waals surface area contributed by atoms with Crippen molar-refractivity contribution >= 4 is 5.69 Å². The van der Waals surface area contributed by atoms with E-state index in [2.05, 4.69) is 11.0 Å². The lowest BCUT2D eigenvalue weighted by molar-refractivity contribution is 0.590. The molecule has 0 fully saturated rings. The summed E-state index contributed by atoms with van der Waals surface area (Å²) < 4.78 is 1.37. The van der Waals surface area contributed by atoms with E-state index in [1.54, 1.807) is 12.3 Å². The molecule has 0 radical (unpaired) electrons. The highest BCUT2D eigenvalue weighted by molar-refractivity contribution is 5.40. The Labute approximate surface area is 83.2 Å². The standard InChI is InChI=1S/C10H13N3O/c1-4-5-6-13-10(14)7-9(8-11-13)12(2)3/h1,7-8H,5-6H2,2-3H3. The number of hydrogen-bond donors (Lipinski definition) is 0.